The van der Waals surface area contributed by atoms with Crippen molar-refractivity contribution in [3.8, 4) is 11.4 Å². The van der Waals surface area contributed by atoms with E-state index in [4.69, 9.17) is 0 Å². The van der Waals surface area contributed by atoms with Crippen LogP contribution in [0.25, 0.3) is 76.8 Å². The van der Waals surface area contributed by atoms with Crippen molar-refractivity contribution in [3.63, 3.8) is 0 Å². The van der Waals surface area contributed by atoms with E-state index >= 15 is 0 Å². The SMILES string of the molecule is C1=CC2CC1CC2CCCCCn1c2ccc(-n3c4ccccc4c4ccccc43)cc2c2cc(-n3c4ccccc4c4ccccc43)ccc21. The number of rotatable bonds is 8. The van der Waals surface area contributed by atoms with Crippen molar-refractivity contribution in [2.24, 2.45) is 17.8 Å². The van der Waals surface area contributed by atoms with E-state index in [-0.39, 0.29) is 0 Å². The minimum absolute atomic E-state index is 0.861. The summed E-state index contributed by atoms with van der Waals surface area (Å²) in [5.41, 5.74) is 10.1. The Labute approximate surface area is 298 Å². The van der Waals surface area contributed by atoms with Crippen LogP contribution in [0.5, 0.6) is 0 Å². The van der Waals surface area contributed by atoms with Gasteiger partial charge in [0.15, 0.2) is 0 Å². The predicted molar refractivity (Wildman–Crippen MR) is 215 cm³/mol. The van der Waals surface area contributed by atoms with Crippen LogP contribution in [0.1, 0.15) is 38.5 Å². The van der Waals surface area contributed by atoms with E-state index < -0.39 is 0 Å². The van der Waals surface area contributed by atoms with Gasteiger partial charge in [-0.2, -0.15) is 0 Å². The number of hydrogen-bond donors (Lipinski definition) is 0. The molecular formula is C48H41N3. The molecule has 0 radical (unpaired) electrons. The summed E-state index contributed by atoms with van der Waals surface area (Å²) >= 11 is 0. The van der Waals surface area contributed by atoms with Crippen molar-refractivity contribution in [3.05, 3.63) is 146 Å². The van der Waals surface area contributed by atoms with Crippen molar-refractivity contribution in [2.75, 3.05) is 0 Å². The fourth-order valence-corrected chi connectivity index (χ4v) is 10.1. The number of aromatic nitrogens is 3. The summed E-state index contributed by atoms with van der Waals surface area (Å²) in [5, 5.41) is 7.83. The molecule has 51 heavy (non-hydrogen) atoms. The normalized spacial score (nSPS) is 18.5. The lowest BCUT2D eigenvalue weighted by Crippen LogP contribution is -2.06. The minimum atomic E-state index is 0.861. The van der Waals surface area contributed by atoms with Crippen LogP contribution in [-0.4, -0.2) is 13.7 Å². The van der Waals surface area contributed by atoms with Gasteiger partial charge in [0.05, 0.1) is 22.1 Å². The standard InChI is InChI=1S/C48H41N3/c1(2-12-33-28-32-21-22-34(33)29-32)11-27-49-43-25-23-35(50-45-17-7-3-13-37(45)38-14-4-8-18-46(38)50)30-41(43)42-31-36(24-26-44(42)49)51-47-19-9-5-15-39(47)40-16-6-10-20-48(40)51/h3-10,13-26,30-34H,1-2,11-12,27-29H2. The zero-order valence-corrected chi connectivity index (χ0v) is 28.9. The molecule has 3 heteroatoms. The second-order valence-electron chi connectivity index (χ2n) is 15.2. The topological polar surface area (TPSA) is 14.8 Å². The number of unbranched alkanes of at least 4 members (excludes halogenated alkanes) is 2. The van der Waals surface area contributed by atoms with Crippen LogP contribution in [0, 0.1) is 17.8 Å². The molecule has 0 spiro atoms. The Morgan fingerprint density at radius 3 is 1.37 bits per heavy atom. The number of aryl methyl sites for hydroxylation is 1. The predicted octanol–water partition coefficient (Wildman–Crippen LogP) is 12.8. The third-order valence-corrected chi connectivity index (χ3v) is 12.4. The van der Waals surface area contributed by atoms with Crippen molar-refractivity contribution in [1.29, 1.82) is 0 Å². The molecule has 2 bridgehead atoms. The van der Waals surface area contributed by atoms with Gasteiger partial charge in [-0.05, 0) is 104 Å². The van der Waals surface area contributed by atoms with Crippen molar-refractivity contribution < 1.29 is 0 Å². The molecule has 1 saturated carbocycles. The lowest BCUT2D eigenvalue weighted by Gasteiger charge is -2.17. The van der Waals surface area contributed by atoms with Gasteiger partial charge in [0.1, 0.15) is 0 Å². The molecule has 3 aromatic heterocycles. The highest BCUT2D eigenvalue weighted by Gasteiger charge is 2.34. The zero-order chi connectivity index (χ0) is 33.5. The molecule has 1 fully saturated rings. The summed E-state index contributed by atoms with van der Waals surface area (Å²) in [4.78, 5) is 0. The highest BCUT2D eigenvalue weighted by atomic mass is 15.0. The smallest absolute Gasteiger partial charge is 0.0541 e. The van der Waals surface area contributed by atoms with Crippen LogP contribution in [0.3, 0.4) is 0 Å². The first-order chi connectivity index (χ1) is 25.3. The monoisotopic (exact) mass is 659 g/mol. The molecule has 9 aromatic rings. The molecule has 11 rings (SSSR count). The maximum atomic E-state index is 2.61. The first kappa shape index (κ1) is 29.2. The van der Waals surface area contributed by atoms with E-state index in [0.29, 0.717) is 0 Å². The van der Waals surface area contributed by atoms with Gasteiger partial charge < -0.3 is 13.7 Å². The Bertz CT molecular complexity index is 2540. The van der Waals surface area contributed by atoms with Crippen molar-refractivity contribution >= 4 is 65.4 Å². The molecule has 0 N–H and O–H groups in total. The lowest BCUT2D eigenvalue weighted by molar-refractivity contribution is 0.393. The molecule has 6 aromatic carbocycles. The Morgan fingerprint density at radius 2 is 0.922 bits per heavy atom. The fourth-order valence-electron chi connectivity index (χ4n) is 10.1. The minimum Gasteiger partial charge on any atom is -0.340 e. The van der Waals surface area contributed by atoms with Crippen molar-refractivity contribution in [1.82, 2.24) is 13.7 Å². The molecule has 2 aliphatic carbocycles. The molecular weight excluding hydrogens is 619 g/mol. The van der Waals surface area contributed by atoms with E-state index in [9.17, 15) is 0 Å². The van der Waals surface area contributed by atoms with Gasteiger partial charge >= 0.3 is 0 Å². The molecule has 0 aliphatic heterocycles. The molecule has 0 amide bonds. The van der Waals surface area contributed by atoms with E-state index in [1.54, 1.807) is 0 Å². The Balaban J connectivity index is 1.05. The van der Waals surface area contributed by atoms with Crippen LogP contribution in [0.4, 0.5) is 0 Å². The highest BCUT2D eigenvalue weighted by molar-refractivity contribution is 6.13. The summed E-state index contributed by atoms with van der Waals surface area (Å²) in [6.07, 6.45) is 13.1. The maximum absolute atomic E-state index is 2.61. The van der Waals surface area contributed by atoms with Gasteiger partial charge in [-0.25, -0.2) is 0 Å². The summed E-state index contributed by atoms with van der Waals surface area (Å²) in [7, 11) is 0. The van der Waals surface area contributed by atoms with E-state index in [2.05, 4.69) is 159 Å². The molecule has 3 atom stereocenters. The van der Waals surface area contributed by atoms with Gasteiger partial charge in [-0.15, -0.1) is 0 Å². The summed E-state index contributed by atoms with van der Waals surface area (Å²) < 4.78 is 7.51. The molecule has 3 heterocycles. The molecule has 3 unspecified atom stereocenters. The average molecular weight is 660 g/mol. The average Bonchev–Trinajstić information content (AvgIpc) is 4.00. The molecule has 3 nitrogen and oxygen atoms in total. The van der Waals surface area contributed by atoms with Crippen LogP contribution in [0.15, 0.2) is 146 Å². The quantitative estimate of drug-likeness (QED) is 0.114. The maximum Gasteiger partial charge on any atom is 0.0541 e. The molecule has 2 aliphatic rings. The summed E-state index contributed by atoms with van der Waals surface area (Å²) in [6.45, 7) is 1.04. The van der Waals surface area contributed by atoms with Gasteiger partial charge in [0.25, 0.3) is 0 Å². The zero-order valence-electron chi connectivity index (χ0n) is 28.9. The van der Waals surface area contributed by atoms with Crippen LogP contribution >= 0.6 is 0 Å². The molecule has 248 valence electrons. The van der Waals surface area contributed by atoms with E-state index in [1.165, 1.54) is 115 Å². The van der Waals surface area contributed by atoms with Gasteiger partial charge in [-0.1, -0.05) is 97.8 Å². The van der Waals surface area contributed by atoms with Crippen LogP contribution in [0.2, 0.25) is 0 Å². The van der Waals surface area contributed by atoms with Crippen LogP contribution < -0.4 is 0 Å². The number of benzene rings is 6. The third kappa shape index (κ3) is 4.50. The van der Waals surface area contributed by atoms with Crippen LogP contribution in [-0.2, 0) is 6.54 Å². The number of fused-ring (bicyclic) bond motifs is 11. The molecule has 0 saturated heterocycles. The Kier molecular flexibility index (Phi) is 6.59. The van der Waals surface area contributed by atoms with E-state index in [0.717, 1.165) is 24.3 Å². The third-order valence-electron chi connectivity index (χ3n) is 12.4. The van der Waals surface area contributed by atoms with E-state index in [1.807, 2.05) is 0 Å². The van der Waals surface area contributed by atoms with Gasteiger partial charge in [0.2, 0.25) is 0 Å². The Morgan fingerprint density at radius 1 is 0.431 bits per heavy atom. The number of allylic oxidation sites excluding steroid dienone is 2. The summed E-state index contributed by atoms with van der Waals surface area (Å²) in [6, 6.07) is 49.7. The Hall–Kier alpha value is -5.54. The lowest BCUT2D eigenvalue weighted by atomic mass is 9.89. The van der Waals surface area contributed by atoms with Gasteiger partial charge in [-0.3, -0.25) is 0 Å². The first-order valence-electron chi connectivity index (χ1n) is 19.0. The summed E-state index contributed by atoms with van der Waals surface area (Å²) in [5.74, 6) is 2.66. The second kappa shape index (κ2) is 11.5. The number of para-hydroxylation sites is 4. The highest BCUT2D eigenvalue weighted by Crippen LogP contribution is 2.45. The fraction of sp³-hybridized carbons (Fsp3) is 0.208. The first-order valence-corrected chi connectivity index (χ1v) is 19.0. The largest absolute Gasteiger partial charge is 0.340 e. The second-order valence-corrected chi connectivity index (χ2v) is 15.2. The number of hydrogen-bond acceptors (Lipinski definition) is 0. The van der Waals surface area contributed by atoms with Crippen molar-refractivity contribution in [2.45, 2.75) is 45.1 Å². The van der Waals surface area contributed by atoms with Gasteiger partial charge in [0, 0.05) is 61.3 Å². The number of nitrogens with zero attached hydrogens (tertiary/aromatic N) is 3.